The van der Waals surface area contributed by atoms with E-state index >= 15 is 0 Å². The Morgan fingerprint density at radius 2 is 1.67 bits per heavy atom. The van der Waals surface area contributed by atoms with E-state index < -0.39 is 0 Å². The Kier molecular flexibility index (Phi) is 8.01. The fourth-order valence-corrected chi connectivity index (χ4v) is 9.40. The zero-order valence-electron chi connectivity index (χ0n) is 22.1. The molecule has 0 aliphatic heterocycles. The van der Waals surface area contributed by atoms with Gasteiger partial charge in [-0.15, -0.1) is 0 Å². The van der Waals surface area contributed by atoms with Crippen LogP contribution in [0.4, 0.5) is 0 Å². The average Bonchev–Trinajstić information content (AvgIpc) is 3.22. The Morgan fingerprint density at radius 1 is 0.944 bits per heavy atom. The lowest BCUT2D eigenvalue weighted by Crippen LogP contribution is -2.63. The van der Waals surface area contributed by atoms with Crippen LogP contribution in [0.3, 0.4) is 0 Å². The third-order valence-corrected chi connectivity index (χ3v) is 11.2. The van der Waals surface area contributed by atoms with E-state index in [-0.39, 0.29) is 70.6 Å². The summed E-state index contributed by atoms with van der Waals surface area (Å²) in [6.07, 6.45) is 6.58. The number of esters is 1. The molecule has 0 unspecified atom stereocenters. The second kappa shape index (κ2) is 10.7. The minimum Gasteiger partial charge on any atom is -0.469 e. The van der Waals surface area contributed by atoms with Crippen molar-refractivity contribution in [2.24, 2.45) is 46.3 Å². The van der Waals surface area contributed by atoms with Gasteiger partial charge in [-0.25, -0.2) is 0 Å². The Morgan fingerprint density at radius 3 is 2.33 bits per heavy atom. The molecule has 36 heavy (non-hydrogen) atoms. The average molecular weight is 507 g/mol. The molecule has 8 nitrogen and oxygen atoms in total. The molecule has 0 saturated heterocycles. The molecule has 0 aromatic carbocycles. The first-order valence-corrected chi connectivity index (χ1v) is 13.6. The zero-order valence-corrected chi connectivity index (χ0v) is 22.1. The summed E-state index contributed by atoms with van der Waals surface area (Å²) in [5.41, 5.74) is -0.264. The van der Waals surface area contributed by atoms with Crippen LogP contribution in [0.2, 0.25) is 0 Å². The smallest absolute Gasteiger partial charge is 0.305 e. The lowest BCUT2D eigenvalue weighted by atomic mass is 9.43. The summed E-state index contributed by atoms with van der Waals surface area (Å²) in [6.45, 7) is 8.52. The number of fused-ring (bicyclic) bond motifs is 5. The van der Waals surface area contributed by atoms with E-state index in [9.17, 15) is 19.2 Å². The topological polar surface area (TPSA) is 105 Å². The van der Waals surface area contributed by atoms with Crippen LogP contribution in [-0.2, 0) is 38.1 Å². The van der Waals surface area contributed by atoms with E-state index in [4.69, 9.17) is 18.9 Å². The van der Waals surface area contributed by atoms with Gasteiger partial charge in [0, 0.05) is 17.8 Å². The standard InChI is InChI=1S/C28H42O8/c1-17(5-8-25(32)33-4)20-6-7-21-26-22(13-24(36-16-31)28(20,21)3)27(2)10-9-19(34-14-29)11-18(27)12-23(26)35-15-30/h14-24,26H,5-13H2,1-4H3/t17-,18+,19-,20-,21+,22+,23-,24+,26+,27+,28-/m1/s1. The van der Waals surface area contributed by atoms with Crippen molar-refractivity contribution in [3.05, 3.63) is 0 Å². The van der Waals surface area contributed by atoms with Crippen molar-refractivity contribution in [3.8, 4) is 0 Å². The highest BCUT2D eigenvalue weighted by molar-refractivity contribution is 5.69. The lowest BCUT2D eigenvalue weighted by molar-refractivity contribution is -0.218. The molecule has 4 fully saturated rings. The molecule has 11 atom stereocenters. The van der Waals surface area contributed by atoms with Gasteiger partial charge in [-0.2, -0.15) is 0 Å². The van der Waals surface area contributed by atoms with Gasteiger partial charge in [0.05, 0.1) is 7.11 Å². The predicted molar refractivity (Wildman–Crippen MR) is 129 cm³/mol. The van der Waals surface area contributed by atoms with Gasteiger partial charge in [-0.3, -0.25) is 19.2 Å². The van der Waals surface area contributed by atoms with Gasteiger partial charge in [-0.1, -0.05) is 20.8 Å². The normalized spacial score (nSPS) is 44.1. The second-order valence-electron chi connectivity index (χ2n) is 12.2. The minimum absolute atomic E-state index is 0.00341. The third kappa shape index (κ3) is 4.43. The molecule has 0 aromatic heterocycles. The summed E-state index contributed by atoms with van der Waals surface area (Å²) >= 11 is 0. The van der Waals surface area contributed by atoms with Gasteiger partial charge in [0.25, 0.3) is 19.4 Å². The first-order valence-electron chi connectivity index (χ1n) is 13.6. The molecule has 4 aliphatic rings. The van der Waals surface area contributed by atoms with Crippen molar-refractivity contribution in [2.45, 2.75) is 96.9 Å². The van der Waals surface area contributed by atoms with E-state index in [2.05, 4.69) is 20.8 Å². The summed E-state index contributed by atoms with van der Waals surface area (Å²) in [7, 11) is 1.41. The van der Waals surface area contributed by atoms with Gasteiger partial charge in [0.15, 0.2) is 0 Å². The van der Waals surface area contributed by atoms with Crippen LogP contribution in [0.5, 0.6) is 0 Å². The highest BCUT2D eigenvalue weighted by atomic mass is 16.5. The van der Waals surface area contributed by atoms with Crippen LogP contribution in [-0.4, -0.2) is 50.8 Å². The molecule has 0 aromatic rings. The maximum Gasteiger partial charge on any atom is 0.305 e. The zero-order chi connectivity index (χ0) is 26.1. The molecule has 202 valence electrons. The summed E-state index contributed by atoms with van der Waals surface area (Å²) in [4.78, 5) is 46.2. The van der Waals surface area contributed by atoms with E-state index in [0.717, 1.165) is 51.4 Å². The molecule has 4 saturated carbocycles. The number of carbonyl (C=O) groups excluding carboxylic acids is 4. The Hall–Kier alpha value is -2.12. The number of carbonyl (C=O) groups is 4. The number of hydrogen-bond acceptors (Lipinski definition) is 8. The van der Waals surface area contributed by atoms with E-state index in [1.807, 2.05) is 0 Å². The fraction of sp³-hybridized carbons (Fsp3) is 0.857. The quantitative estimate of drug-likeness (QED) is 0.248. The number of methoxy groups -OCH3 is 1. The van der Waals surface area contributed by atoms with Crippen LogP contribution in [0, 0.1) is 46.3 Å². The van der Waals surface area contributed by atoms with E-state index in [1.165, 1.54) is 7.11 Å². The summed E-state index contributed by atoms with van der Waals surface area (Å²) in [5, 5.41) is 0. The first kappa shape index (κ1) is 26.9. The Bertz CT molecular complexity index is 830. The van der Waals surface area contributed by atoms with E-state index in [1.54, 1.807) is 0 Å². The van der Waals surface area contributed by atoms with Gasteiger partial charge in [0.1, 0.15) is 18.3 Å². The number of rotatable bonds is 10. The van der Waals surface area contributed by atoms with Crippen molar-refractivity contribution < 1.29 is 38.1 Å². The SMILES string of the molecule is COC(=O)CC[C@@H](C)[C@H]1CC[C@H]2[C@@H]3[C@H](OC=O)C[C@@H]4C[C@H](OC=O)CC[C@]4(C)[C@H]3C[C@H](OC=O)[C@]12C. The minimum atomic E-state index is -0.261. The van der Waals surface area contributed by atoms with Crippen molar-refractivity contribution in [2.75, 3.05) is 7.11 Å². The Balaban J connectivity index is 1.66. The van der Waals surface area contributed by atoms with Crippen LogP contribution in [0.15, 0.2) is 0 Å². The van der Waals surface area contributed by atoms with Crippen LogP contribution in [0.1, 0.15) is 78.6 Å². The highest BCUT2D eigenvalue weighted by Crippen LogP contribution is 2.69. The van der Waals surface area contributed by atoms with Crippen molar-refractivity contribution in [1.29, 1.82) is 0 Å². The molecule has 0 bridgehead atoms. The highest BCUT2D eigenvalue weighted by Gasteiger charge is 2.67. The second-order valence-corrected chi connectivity index (χ2v) is 12.2. The summed E-state index contributed by atoms with van der Waals surface area (Å²) in [6, 6.07) is 0. The van der Waals surface area contributed by atoms with Gasteiger partial charge in [-0.05, 0) is 86.4 Å². The first-order chi connectivity index (χ1) is 17.2. The summed E-state index contributed by atoms with van der Waals surface area (Å²) in [5.74, 6) is 1.29. The van der Waals surface area contributed by atoms with Crippen molar-refractivity contribution in [1.82, 2.24) is 0 Å². The maximum atomic E-state index is 11.8. The molecule has 8 heteroatoms. The lowest BCUT2D eigenvalue weighted by Gasteiger charge is -2.64. The van der Waals surface area contributed by atoms with Crippen molar-refractivity contribution >= 4 is 25.4 Å². The molecule has 0 heterocycles. The Labute approximate surface area is 214 Å². The van der Waals surface area contributed by atoms with Gasteiger partial charge in [0.2, 0.25) is 0 Å². The molecular weight excluding hydrogens is 464 g/mol. The largest absolute Gasteiger partial charge is 0.469 e. The summed E-state index contributed by atoms with van der Waals surface area (Å²) < 4.78 is 21.9. The van der Waals surface area contributed by atoms with E-state index in [0.29, 0.717) is 25.8 Å². The molecule has 4 aliphatic carbocycles. The maximum absolute atomic E-state index is 11.8. The molecule has 0 spiro atoms. The number of ether oxygens (including phenoxy) is 4. The predicted octanol–water partition coefficient (Wildman–Crippen LogP) is 4.08. The van der Waals surface area contributed by atoms with Crippen molar-refractivity contribution in [3.63, 3.8) is 0 Å². The van der Waals surface area contributed by atoms with Crippen LogP contribution < -0.4 is 0 Å². The molecule has 0 radical (unpaired) electrons. The molecule has 0 amide bonds. The monoisotopic (exact) mass is 506 g/mol. The fourth-order valence-electron chi connectivity index (χ4n) is 9.40. The van der Waals surface area contributed by atoms with Crippen LogP contribution in [0.25, 0.3) is 0 Å². The van der Waals surface area contributed by atoms with Gasteiger partial charge >= 0.3 is 5.97 Å². The molecule has 4 rings (SSSR count). The number of hydrogen-bond donors (Lipinski definition) is 0. The molecular formula is C28H42O8. The van der Waals surface area contributed by atoms with Crippen LogP contribution >= 0.6 is 0 Å². The van der Waals surface area contributed by atoms with Gasteiger partial charge < -0.3 is 18.9 Å². The third-order valence-electron chi connectivity index (χ3n) is 11.2. The molecule has 0 N–H and O–H groups in total.